The molecule has 0 saturated carbocycles. The Labute approximate surface area is 124 Å². The maximum atomic E-state index is 5.86. The summed E-state index contributed by atoms with van der Waals surface area (Å²) in [6.45, 7) is 0. The SMILES string of the molecule is Clc1ccc(Cc2nnc(Nc3cncnc3)s2)cc1. The maximum absolute atomic E-state index is 5.86. The Morgan fingerprint density at radius 3 is 2.55 bits per heavy atom. The van der Waals surface area contributed by atoms with Crippen molar-refractivity contribution < 1.29 is 0 Å². The molecular weight excluding hydrogens is 294 g/mol. The molecule has 0 aliphatic heterocycles. The highest BCUT2D eigenvalue weighted by molar-refractivity contribution is 7.15. The van der Waals surface area contributed by atoms with Crippen LogP contribution in [0.3, 0.4) is 0 Å². The fraction of sp³-hybridized carbons (Fsp3) is 0.0769. The van der Waals surface area contributed by atoms with Crippen LogP contribution in [0.4, 0.5) is 10.8 Å². The molecule has 0 bridgehead atoms. The molecule has 2 aromatic heterocycles. The summed E-state index contributed by atoms with van der Waals surface area (Å²) < 4.78 is 0. The highest BCUT2D eigenvalue weighted by Gasteiger charge is 2.05. The number of benzene rings is 1. The van der Waals surface area contributed by atoms with Crippen LogP contribution in [0.1, 0.15) is 10.6 Å². The second-order valence-electron chi connectivity index (χ2n) is 4.06. The second-order valence-corrected chi connectivity index (χ2v) is 5.55. The zero-order valence-electron chi connectivity index (χ0n) is 10.3. The van der Waals surface area contributed by atoms with Crippen molar-refractivity contribution in [2.45, 2.75) is 6.42 Å². The van der Waals surface area contributed by atoms with Gasteiger partial charge in [0.1, 0.15) is 11.3 Å². The first-order valence-corrected chi connectivity index (χ1v) is 7.08. The molecule has 0 radical (unpaired) electrons. The Kier molecular flexibility index (Phi) is 3.85. The highest BCUT2D eigenvalue weighted by atomic mass is 35.5. The van der Waals surface area contributed by atoms with Crippen molar-refractivity contribution in [3.05, 3.63) is 58.6 Å². The molecule has 0 fully saturated rings. The quantitative estimate of drug-likeness (QED) is 0.801. The predicted molar refractivity (Wildman–Crippen MR) is 79.5 cm³/mol. The molecule has 1 aromatic carbocycles. The first kappa shape index (κ1) is 13.0. The van der Waals surface area contributed by atoms with Crippen molar-refractivity contribution in [2.24, 2.45) is 0 Å². The number of aromatic nitrogens is 4. The second kappa shape index (κ2) is 5.94. The van der Waals surface area contributed by atoms with Gasteiger partial charge in [-0.25, -0.2) is 9.97 Å². The Hall–Kier alpha value is -2.05. The summed E-state index contributed by atoms with van der Waals surface area (Å²) in [7, 11) is 0. The van der Waals surface area contributed by atoms with Gasteiger partial charge in [-0.3, -0.25) is 0 Å². The van der Waals surface area contributed by atoms with Crippen LogP contribution in [0.5, 0.6) is 0 Å². The normalized spacial score (nSPS) is 10.4. The molecule has 0 saturated heterocycles. The van der Waals surface area contributed by atoms with E-state index in [0.29, 0.717) is 0 Å². The zero-order chi connectivity index (χ0) is 13.8. The van der Waals surface area contributed by atoms with E-state index in [1.54, 1.807) is 12.4 Å². The summed E-state index contributed by atoms with van der Waals surface area (Å²) in [5, 5.41) is 13.8. The van der Waals surface area contributed by atoms with Crippen LogP contribution in [-0.4, -0.2) is 20.2 Å². The van der Waals surface area contributed by atoms with Gasteiger partial charge in [0.15, 0.2) is 0 Å². The van der Waals surface area contributed by atoms with Crippen LogP contribution in [0.25, 0.3) is 0 Å². The maximum Gasteiger partial charge on any atom is 0.210 e. The van der Waals surface area contributed by atoms with Gasteiger partial charge in [0.05, 0.1) is 18.1 Å². The lowest BCUT2D eigenvalue weighted by Crippen LogP contribution is -1.90. The van der Waals surface area contributed by atoms with Gasteiger partial charge in [0, 0.05) is 11.4 Å². The number of anilines is 2. The molecule has 0 amide bonds. The monoisotopic (exact) mass is 303 g/mol. The van der Waals surface area contributed by atoms with Gasteiger partial charge in [-0.05, 0) is 17.7 Å². The van der Waals surface area contributed by atoms with Crippen LogP contribution >= 0.6 is 22.9 Å². The minimum absolute atomic E-state index is 0.726. The standard InChI is InChI=1S/C13H10ClN5S/c14-10-3-1-9(2-4-10)5-12-18-19-13(20-12)17-11-6-15-8-16-7-11/h1-4,6-8H,5H2,(H,17,19). The lowest BCUT2D eigenvalue weighted by atomic mass is 10.2. The fourth-order valence-corrected chi connectivity index (χ4v) is 2.56. The summed E-state index contributed by atoms with van der Waals surface area (Å²) in [5.41, 5.74) is 1.95. The highest BCUT2D eigenvalue weighted by Crippen LogP contribution is 2.22. The molecule has 0 unspecified atom stereocenters. The zero-order valence-corrected chi connectivity index (χ0v) is 11.9. The van der Waals surface area contributed by atoms with Gasteiger partial charge in [-0.15, -0.1) is 10.2 Å². The van der Waals surface area contributed by atoms with E-state index in [0.717, 1.165) is 32.8 Å². The van der Waals surface area contributed by atoms with Crippen LogP contribution in [0.2, 0.25) is 5.02 Å². The van der Waals surface area contributed by atoms with Crippen molar-refractivity contribution >= 4 is 33.8 Å². The average Bonchev–Trinajstić information content (AvgIpc) is 2.90. The minimum Gasteiger partial charge on any atom is -0.328 e. The Balaban J connectivity index is 1.69. The van der Waals surface area contributed by atoms with Gasteiger partial charge in [0.25, 0.3) is 0 Å². The molecule has 3 aromatic rings. The van der Waals surface area contributed by atoms with Crippen LogP contribution in [0.15, 0.2) is 43.0 Å². The molecule has 0 spiro atoms. The van der Waals surface area contributed by atoms with E-state index in [4.69, 9.17) is 11.6 Å². The van der Waals surface area contributed by atoms with E-state index in [1.807, 2.05) is 24.3 Å². The van der Waals surface area contributed by atoms with Gasteiger partial charge in [0.2, 0.25) is 5.13 Å². The summed E-state index contributed by atoms with van der Waals surface area (Å²) in [4.78, 5) is 7.87. The van der Waals surface area contributed by atoms with Gasteiger partial charge in [-0.1, -0.05) is 35.1 Å². The van der Waals surface area contributed by atoms with E-state index in [1.165, 1.54) is 17.7 Å². The summed E-state index contributed by atoms with van der Waals surface area (Å²) in [6, 6.07) is 7.72. The van der Waals surface area contributed by atoms with Crippen LogP contribution in [0, 0.1) is 0 Å². The van der Waals surface area contributed by atoms with E-state index in [9.17, 15) is 0 Å². The first-order chi connectivity index (χ1) is 9.79. The third kappa shape index (κ3) is 3.28. The molecule has 2 heterocycles. The molecule has 0 aliphatic rings. The van der Waals surface area contributed by atoms with Crippen LogP contribution < -0.4 is 5.32 Å². The molecule has 0 aliphatic carbocycles. The van der Waals surface area contributed by atoms with Crippen molar-refractivity contribution in [3.8, 4) is 0 Å². The van der Waals surface area contributed by atoms with E-state index >= 15 is 0 Å². The van der Waals surface area contributed by atoms with Crippen LogP contribution in [-0.2, 0) is 6.42 Å². The van der Waals surface area contributed by atoms with Gasteiger partial charge < -0.3 is 5.32 Å². The fourth-order valence-electron chi connectivity index (χ4n) is 1.64. The number of nitrogens with one attached hydrogen (secondary N) is 1. The largest absolute Gasteiger partial charge is 0.328 e. The lowest BCUT2D eigenvalue weighted by molar-refractivity contribution is 1.00. The van der Waals surface area contributed by atoms with Crippen molar-refractivity contribution in [1.82, 2.24) is 20.2 Å². The number of rotatable bonds is 4. The molecule has 7 heteroatoms. The van der Waals surface area contributed by atoms with E-state index in [2.05, 4.69) is 25.5 Å². The van der Waals surface area contributed by atoms with Crippen molar-refractivity contribution in [1.29, 1.82) is 0 Å². The van der Waals surface area contributed by atoms with Crippen molar-refractivity contribution in [3.63, 3.8) is 0 Å². The third-order valence-electron chi connectivity index (χ3n) is 2.55. The molecule has 20 heavy (non-hydrogen) atoms. The lowest BCUT2D eigenvalue weighted by Gasteiger charge is -1.98. The molecule has 0 atom stereocenters. The minimum atomic E-state index is 0.726. The Morgan fingerprint density at radius 2 is 1.80 bits per heavy atom. The number of halogens is 1. The smallest absolute Gasteiger partial charge is 0.210 e. The first-order valence-electron chi connectivity index (χ1n) is 5.88. The Morgan fingerprint density at radius 1 is 1.05 bits per heavy atom. The number of hydrogen-bond donors (Lipinski definition) is 1. The molecule has 100 valence electrons. The van der Waals surface area contributed by atoms with Crippen molar-refractivity contribution in [2.75, 3.05) is 5.32 Å². The molecular formula is C13H10ClN5S. The van der Waals surface area contributed by atoms with Gasteiger partial charge in [-0.2, -0.15) is 0 Å². The summed E-state index contributed by atoms with van der Waals surface area (Å²) in [6.07, 6.45) is 5.60. The molecule has 3 rings (SSSR count). The molecule has 1 N–H and O–H groups in total. The topological polar surface area (TPSA) is 63.6 Å². The summed E-state index contributed by atoms with van der Waals surface area (Å²) >= 11 is 7.37. The summed E-state index contributed by atoms with van der Waals surface area (Å²) in [5.74, 6) is 0. The Bertz CT molecular complexity index is 683. The third-order valence-corrected chi connectivity index (χ3v) is 3.64. The van der Waals surface area contributed by atoms with Gasteiger partial charge >= 0.3 is 0 Å². The predicted octanol–water partition coefficient (Wildman–Crippen LogP) is 3.32. The van der Waals surface area contributed by atoms with E-state index < -0.39 is 0 Å². The average molecular weight is 304 g/mol. The number of hydrogen-bond acceptors (Lipinski definition) is 6. The number of nitrogens with zero attached hydrogens (tertiary/aromatic N) is 4. The molecule has 5 nitrogen and oxygen atoms in total. The van der Waals surface area contributed by atoms with E-state index in [-0.39, 0.29) is 0 Å².